The van der Waals surface area contributed by atoms with Crippen LogP contribution < -0.4 is 10.1 Å². The van der Waals surface area contributed by atoms with Crippen molar-refractivity contribution in [2.24, 2.45) is 0 Å². The molecule has 0 unspecified atom stereocenters. The number of hydrogen-bond acceptors (Lipinski definition) is 3. The van der Waals surface area contributed by atoms with Crippen molar-refractivity contribution in [3.63, 3.8) is 0 Å². The van der Waals surface area contributed by atoms with Gasteiger partial charge in [-0.15, -0.1) is 0 Å². The molecule has 0 bridgehead atoms. The molecule has 1 N–H and O–H groups in total. The highest BCUT2D eigenvalue weighted by Gasteiger charge is 2.10. The molecule has 0 spiro atoms. The summed E-state index contributed by atoms with van der Waals surface area (Å²) in [5, 5.41) is 3.18. The highest BCUT2D eigenvalue weighted by molar-refractivity contribution is 7.80. The van der Waals surface area contributed by atoms with Crippen molar-refractivity contribution in [2.75, 3.05) is 12.3 Å². The van der Waals surface area contributed by atoms with Crippen LogP contribution in [-0.2, 0) is 0 Å². The van der Waals surface area contributed by atoms with Crippen molar-refractivity contribution in [3.8, 4) is 11.5 Å². The SMILES string of the molecule is O=C(NCCS)c1ccc(Oc2ccc(Cl)cc2)c(F)c1. The van der Waals surface area contributed by atoms with Crippen LogP contribution in [0, 0.1) is 5.82 Å². The van der Waals surface area contributed by atoms with Gasteiger partial charge in [0.25, 0.3) is 5.91 Å². The second kappa shape index (κ2) is 7.33. The van der Waals surface area contributed by atoms with Gasteiger partial charge >= 0.3 is 0 Å². The molecule has 0 aromatic heterocycles. The van der Waals surface area contributed by atoms with E-state index in [1.165, 1.54) is 12.1 Å². The monoisotopic (exact) mass is 325 g/mol. The Kier molecular flexibility index (Phi) is 5.47. The quantitative estimate of drug-likeness (QED) is 0.817. The zero-order valence-electron chi connectivity index (χ0n) is 11.0. The Morgan fingerprint density at radius 3 is 2.57 bits per heavy atom. The third-order valence-corrected chi connectivity index (χ3v) is 3.11. The predicted molar refractivity (Wildman–Crippen MR) is 84.1 cm³/mol. The van der Waals surface area contributed by atoms with E-state index in [0.29, 0.717) is 23.1 Å². The van der Waals surface area contributed by atoms with Crippen molar-refractivity contribution in [1.29, 1.82) is 0 Å². The van der Waals surface area contributed by atoms with Crippen LogP contribution in [0.2, 0.25) is 5.02 Å². The number of benzene rings is 2. The Balaban J connectivity index is 2.12. The molecule has 0 radical (unpaired) electrons. The summed E-state index contributed by atoms with van der Waals surface area (Å²) >= 11 is 9.75. The van der Waals surface area contributed by atoms with E-state index >= 15 is 0 Å². The molecule has 1 amide bonds. The summed E-state index contributed by atoms with van der Waals surface area (Å²) in [6.45, 7) is 0.423. The van der Waals surface area contributed by atoms with Gasteiger partial charge in [0.05, 0.1) is 0 Å². The van der Waals surface area contributed by atoms with Gasteiger partial charge in [0, 0.05) is 22.9 Å². The molecule has 0 heterocycles. The van der Waals surface area contributed by atoms with Gasteiger partial charge < -0.3 is 10.1 Å². The van der Waals surface area contributed by atoms with E-state index in [4.69, 9.17) is 16.3 Å². The summed E-state index contributed by atoms with van der Waals surface area (Å²) in [5.74, 6) is 0.0736. The summed E-state index contributed by atoms with van der Waals surface area (Å²) in [7, 11) is 0. The number of rotatable bonds is 5. The number of nitrogens with one attached hydrogen (secondary N) is 1. The fourth-order valence-electron chi connectivity index (χ4n) is 1.63. The van der Waals surface area contributed by atoms with Crippen LogP contribution in [0.5, 0.6) is 11.5 Å². The van der Waals surface area contributed by atoms with E-state index in [-0.39, 0.29) is 17.2 Å². The molecule has 0 aliphatic heterocycles. The predicted octanol–water partition coefficient (Wildman–Crippen LogP) is 3.93. The van der Waals surface area contributed by atoms with Gasteiger partial charge in [-0.25, -0.2) is 4.39 Å². The maximum absolute atomic E-state index is 14.0. The molecular weight excluding hydrogens is 313 g/mol. The topological polar surface area (TPSA) is 38.3 Å². The standard InChI is InChI=1S/C15H13ClFNO2S/c16-11-2-4-12(5-3-11)20-14-6-1-10(9-13(14)17)15(19)18-7-8-21/h1-6,9,21H,7-8H2,(H,18,19). The molecular formula is C15H13ClFNO2S. The fourth-order valence-corrected chi connectivity index (χ4v) is 1.86. The summed E-state index contributed by atoms with van der Waals surface area (Å²) in [4.78, 5) is 11.7. The molecule has 2 aromatic carbocycles. The normalized spacial score (nSPS) is 10.2. The average molecular weight is 326 g/mol. The van der Waals surface area contributed by atoms with E-state index in [1.807, 2.05) is 0 Å². The lowest BCUT2D eigenvalue weighted by atomic mass is 10.2. The molecule has 0 aliphatic carbocycles. The molecule has 0 saturated heterocycles. The van der Waals surface area contributed by atoms with E-state index < -0.39 is 5.82 Å². The van der Waals surface area contributed by atoms with E-state index in [0.717, 1.165) is 6.07 Å². The number of carbonyl (C=O) groups is 1. The van der Waals surface area contributed by atoms with E-state index in [2.05, 4.69) is 17.9 Å². The zero-order valence-corrected chi connectivity index (χ0v) is 12.6. The molecule has 0 atom stereocenters. The lowest BCUT2D eigenvalue weighted by Gasteiger charge is -2.08. The average Bonchev–Trinajstić information content (AvgIpc) is 2.49. The van der Waals surface area contributed by atoms with Crippen LogP contribution in [-0.4, -0.2) is 18.2 Å². The second-order valence-electron chi connectivity index (χ2n) is 4.18. The Morgan fingerprint density at radius 2 is 1.95 bits per heavy atom. The molecule has 3 nitrogen and oxygen atoms in total. The Morgan fingerprint density at radius 1 is 1.24 bits per heavy atom. The van der Waals surface area contributed by atoms with Gasteiger partial charge in [-0.1, -0.05) is 11.6 Å². The van der Waals surface area contributed by atoms with Gasteiger partial charge in [0.1, 0.15) is 5.75 Å². The van der Waals surface area contributed by atoms with Crippen LogP contribution in [0.25, 0.3) is 0 Å². The number of carbonyl (C=O) groups excluding carboxylic acids is 1. The van der Waals surface area contributed by atoms with Crippen molar-refractivity contribution in [2.45, 2.75) is 0 Å². The highest BCUT2D eigenvalue weighted by atomic mass is 35.5. The van der Waals surface area contributed by atoms with Crippen molar-refractivity contribution >= 4 is 30.1 Å². The third-order valence-electron chi connectivity index (χ3n) is 2.63. The second-order valence-corrected chi connectivity index (χ2v) is 5.06. The van der Waals surface area contributed by atoms with Crippen molar-refractivity contribution in [3.05, 3.63) is 58.9 Å². The molecule has 0 aliphatic rings. The third kappa shape index (κ3) is 4.37. The molecule has 2 rings (SSSR count). The molecule has 2 aromatic rings. The summed E-state index contributed by atoms with van der Waals surface area (Å²) in [6, 6.07) is 10.6. The maximum Gasteiger partial charge on any atom is 0.251 e. The highest BCUT2D eigenvalue weighted by Crippen LogP contribution is 2.26. The minimum Gasteiger partial charge on any atom is -0.454 e. The first kappa shape index (κ1) is 15.7. The Bertz CT molecular complexity index is 634. The lowest BCUT2D eigenvalue weighted by Crippen LogP contribution is -2.25. The van der Waals surface area contributed by atoms with Gasteiger partial charge in [-0.05, 0) is 42.5 Å². The number of hydrogen-bond donors (Lipinski definition) is 2. The number of thiol groups is 1. The molecule has 6 heteroatoms. The van der Waals surface area contributed by atoms with Crippen LogP contribution in [0.15, 0.2) is 42.5 Å². The van der Waals surface area contributed by atoms with Crippen LogP contribution in [0.3, 0.4) is 0 Å². The van der Waals surface area contributed by atoms with Gasteiger partial charge in [0.2, 0.25) is 0 Å². The van der Waals surface area contributed by atoms with Crippen molar-refractivity contribution in [1.82, 2.24) is 5.32 Å². The number of amides is 1. The van der Waals surface area contributed by atoms with Crippen molar-refractivity contribution < 1.29 is 13.9 Å². The Labute approximate surface area is 132 Å². The molecule has 21 heavy (non-hydrogen) atoms. The van der Waals surface area contributed by atoms with E-state index in [9.17, 15) is 9.18 Å². The summed E-state index contributed by atoms with van der Waals surface area (Å²) in [5.41, 5.74) is 0.234. The fraction of sp³-hybridized carbons (Fsp3) is 0.133. The zero-order chi connectivity index (χ0) is 15.2. The first-order valence-corrected chi connectivity index (χ1v) is 7.23. The van der Waals surface area contributed by atoms with Crippen LogP contribution in [0.4, 0.5) is 4.39 Å². The summed E-state index contributed by atoms with van der Waals surface area (Å²) < 4.78 is 19.4. The van der Waals surface area contributed by atoms with E-state index in [1.54, 1.807) is 24.3 Å². The van der Waals surface area contributed by atoms with Crippen LogP contribution >= 0.6 is 24.2 Å². The number of ether oxygens (including phenoxy) is 1. The minimum absolute atomic E-state index is 0.0445. The smallest absolute Gasteiger partial charge is 0.251 e. The minimum atomic E-state index is -0.608. The first-order chi connectivity index (χ1) is 10.1. The summed E-state index contributed by atoms with van der Waals surface area (Å²) in [6.07, 6.45) is 0. The molecule has 0 saturated carbocycles. The first-order valence-electron chi connectivity index (χ1n) is 6.22. The number of halogens is 2. The molecule has 110 valence electrons. The van der Waals surface area contributed by atoms with Gasteiger partial charge in [-0.2, -0.15) is 12.6 Å². The maximum atomic E-state index is 14.0. The molecule has 0 fully saturated rings. The lowest BCUT2D eigenvalue weighted by molar-refractivity contribution is 0.0955. The van der Waals surface area contributed by atoms with Gasteiger partial charge in [-0.3, -0.25) is 4.79 Å². The largest absolute Gasteiger partial charge is 0.454 e. The Hall–Kier alpha value is -1.72. The van der Waals surface area contributed by atoms with Gasteiger partial charge in [0.15, 0.2) is 11.6 Å². The van der Waals surface area contributed by atoms with Crippen LogP contribution in [0.1, 0.15) is 10.4 Å².